The van der Waals surface area contributed by atoms with Crippen molar-refractivity contribution in [2.24, 2.45) is 5.92 Å². The standard InChI is InChI=1S/C16H24N4O2S/c1-12(2)16(14-7-6-8-17-9-14)19(5)23(21,22)15-10-18-20(11-15)13(3)4/h6-13,16H,1-5H3. The van der Waals surface area contributed by atoms with Crippen LogP contribution in [-0.2, 0) is 10.0 Å². The highest BCUT2D eigenvalue weighted by molar-refractivity contribution is 7.89. The van der Waals surface area contributed by atoms with Crippen LogP contribution in [-0.4, -0.2) is 34.5 Å². The first-order valence-corrected chi connectivity index (χ1v) is 9.11. The lowest BCUT2D eigenvalue weighted by Crippen LogP contribution is -2.34. The SMILES string of the molecule is CC(C)C(c1cccnc1)N(C)S(=O)(=O)c1cnn(C(C)C)c1. The Morgan fingerprint density at radius 2 is 1.87 bits per heavy atom. The van der Waals surface area contributed by atoms with E-state index in [0.29, 0.717) is 0 Å². The van der Waals surface area contributed by atoms with Gasteiger partial charge in [-0.2, -0.15) is 9.40 Å². The van der Waals surface area contributed by atoms with E-state index >= 15 is 0 Å². The molecule has 0 saturated carbocycles. The van der Waals surface area contributed by atoms with Gasteiger partial charge in [0.25, 0.3) is 0 Å². The Morgan fingerprint density at radius 3 is 2.35 bits per heavy atom. The van der Waals surface area contributed by atoms with Gasteiger partial charge in [-0.25, -0.2) is 8.42 Å². The maximum absolute atomic E-state index is 12.9. The average Bonchev–Trinajstić information content (AvgIpc) is 2.99. The van der Waals surface area contributed by atoms with Crippen molar-refractivity contribution in [2.45, 2.75) is 44.7 Å². The summed E-state index contributed by atoms with van der Waals surface area (Å²) in [7, 11) is -2.01. The molecule has 2 heterocycles. The summed E-state index contributed by atoms with van der Waals surface area (Å²) in [6.45, 7) is 7.92. The van der Waals surface area contributed by atoms with E-state index in [1.54, 1.807) is 30.3 Å². The lowest BCUT2D eigenvalue weighted by atomic mass is 9.98. The predicted molar refractivity (Wildman–Crippen MR) is 89.4 cm³/mol. The molecule has 2 aromatic heterocycles. The smallest absolute Gasteiger partial charge is 0.246 e. The number of pyridine rings is 1. The number of rotatable bonds is 6. The molecule has 126 valence electrons. The quantitative estimate of drug-likeness (QED) is 0.813. The second-order valence-corrected chi connectivity index (χ2v) is 8.24. The molecule has 0 fully saturated rings. The number of nitrogens with zero attached hydrogens (tertiary/aromatic N) is 4. The van der Waals surface area contributed by atoms with Crippen molar-refractivity contribution in [3.05, 3.63) is 42.5 Å². The van der Waals surface area contributed by atoms with Crippen LogP contribution in [0.1, 0.15) is 45.3 Å². The van der Waals surface area contributed by atoms with Gasteiger partial charge in [0.15, 0.2) is 0 Å². The van der Waals surface area contributed by atoms with Crippen LogP contribution in [0.15, 0.2) is 41.8 Å². The Labute approximate surface area is 138 Å². The fourth-order valence-corrected chi connectivity index (χ4v) is 4.04. The Kier molecular flexibility index (Phi) is 5.21. The molecule has 0 N–H and O–H groups in total. The summed E-state index contributed by atoms with van der Waals surface area (Å²) in [5.74, 6) is 0.110. The van der Waals surface area contributed by atoms with E-state index < -0.39 is 10.0 Å². The number of hydrogen-bond acceptors (Lipinski definition) is 4. The Hall–Kier alpha value is -1.73. The fraction of sp³-hybridized carbons (Fsp3) is 0.500. The molecule has 2 rings (SSSR count). The van der Waals surface area contributed by atoms with E-state index in [4.69, 9.17) is 0 Å². The van der Waals surface area contributed by atoms with Crippen molar-refractivity contribution >= 4 is 10.0 Å². The molecule has 6 nitrogen and oxygen atoms in total. The summed E-state index contributed by atoms with van der Waals surface area (Å²) >= 11 is 0. The van der Waals surface area contributed by atoms with Gasteiger partial charge in [-0.15, -0.1) is 0 Å². The molecule has 1 atom stereocenters. The summed E-state index contributed by atoms with van der Waals surface area (Å²) in [5, 5.41) is 4.14. The molecule has 0 aliphatic heterocycles. The first kappa shape index (κ1) is 17.6. The Bertz CT molecular complexity index is 738. The van der Waals surface area contributed by atoms with Crippen LogP contribution in [0.25, 0.3) is 0 Å². The topological polar surface area (TPSA) is 68.1 Å². The maximum Gasteiger partial charge on any atom is 0.246 e. The molecule has 0 bridgehead atoms. The Balaban J connectivity index is 2.40. The molecular weight excluding hydrogens is 312 g/mol. The summed E-state index contributed by atoms with van der Waals surface area (Å²) in [6.07, 6.45) is 6.39. The zero-order valence-corrected chi connectivity index (χ0v) is 15.0. The van der Waals surface area contributed by atoms with Crippen LogP contribution in [0.5, 0.6) is 0 Å². The third-order valence-electron chi connectivity index (χ3n) is 3.83. The van der Waals surface area contributed by atoms with E-state index in [9.17, 15) is 8.42 Å². The van der Waals surface area contributed by atoms with Crippen molar-refractivity contribution in [3.63, 3.8) is 0 Å². The zero-order valence-electron chi connectivity index (χ0n) is 14.2. The van der Waals surface area contributed by atoms with Crippen LogP contribution >= 0.6 is 0 Å². The van der Waals surface area contributed by atoms with Gasteiger partial charge in [0.1, 0.15) is 4.90 Å². The third-order valence-corrected chi connectivity index (χ3v) is 5.62. The van der Waals surface area contributed by atoms with Gasteiger partial charge in [-0.05, 0) is 31.4 Å². The summed E-state index contributed by atoms with van der Waals surface area (Å²) in [5.41, 5.74) is 0.879. The Morgan fingerprint density at radius 1 is 1.17 bits per heavy atom. The largest absolute Gasteiger partial charge is 0.269 e. The van der Waals surface area contributed by atoms with Crippen LogP contribution in [0.3, 0.4) is 0 Å². The van der Waals surface area contributed by atoms with Gasteiger partial charge in [0.05, 0.1) is 12.2 Å². The fourth-order valence-electron chi connectivity index (χ4n) is 2.62. The molecule has 0 aromatic carbocycles. The molecule has 7 heteroatoms. The second-order valence-electron chi connectivity index (χ2n) is 6.25. The highest BCUT2D eigenvalue weighted by atomic mass is 32.2. The minimum atomic E-state index is -3.62. The molecule has 0 aliphatic rings. The maximum atomic E-state index is 12.9. The van der Waals surface area contributed by atoms with E-state index in [-0.39, 0.29) is 22.9 Å². The van der Waals surface area contributed by atoms with Crippen molar-refractivity contribution < 1.29 is 8.42 Å². The van der Waals surface area contributed by atoms with Crippen molar-refractivity contribution in [2.75, 3.05) is 7.05 Å². The van der Waals surface area contributed by atoms with Crippen LogP contribution < -0.4 is 0 Å². The monoisotopic (exact) mass is 336 g/mol. The van der Waals surface area contributed by atoms with Gasteiger partial charge < -0.3 is 0 Å². The normalized spacial score (nSPS) is 13.9. The van der Waals surface area contributed by atoms with Crippen molar-refractivity contribution in [3.8, 4) is 0 Å². The molecule has 0 saturated heterocycles. The highest BCUT2D eigenvalue weighted by Crippen LogP contribution is 2.31. The number of aromatic nitrogens is 3. The van der Waals surface area contributed by atoms with Gasteiger partial charge in [0.2, 0.25) is 10.0 Å². The first-order valence-electron chi connectivity index (χ1n) is 7.67. The summed E-state index contributed by atoms with van der Waals surface area (Å²) in [6, 6.07) is 3.56. The second kappa shape index (κ2) is 6.80. The van der Waals surface area contributed by atoms with Crippen molar-refractivity contribution in [1.82, 2.24) is 19.1 Å². The number of hydrogen-bond donors (Lipinski definition) is 0. The minimum Gasteiger partial charge on any atom is -0.269 e. The zero-order chi connectivity index (χ0) is 17.2. The predicted octanol–water partition coefficient (Wildman–Crippen LogP) is 2.88. The molecule has 0 aliphatic carbocycles. The molecular formula is C16H24N4O2S. The van der Waals surface area contributed by atoms with Gasteiger partial charge in [-0.3, -0.25) is 9.67 Å². The molecule has 23 heavy (non-hydrogen) atoms. The van der Waals surface area contributed by atoms with E-state index in [1.807, 2.05) is 39.8 Å². The van der Waals surface area contributed by atoms with E-state index in [0.717, 1.165) is 5.56 Å². The molecule has 0 amide bonds. The summed E-state index contributed by atoms with van der Waals surface area (Å²) in [4.78, 5) is 4.33. The van der Waals surface area contributed by atoms with Gasteiger partial charge in [-0.1, -0.05) is 19.9 Å². The average molecular weight is 336 g/mol. The summed E-state index contributed by atoms with van der Waals surface area (Å²) < 4.78 is 28.9. The highest BCUT2D eigenvalue weighted by Gasteiger charge is 2.32. The minimum absolute atomic E-state index is 0.110. The van der Waals surface area contributed by atoms with Gasteiger partial charge >= 0.3 is 0 Å². The number of sulfonamides is 1. The molecule has 2 aromatic rings. The van der Waals surface area contributed by atoms with E-state index in [1.165, 1.54) is 10.5 Å². The van der Waals surface area contributed by atoms with Crippen molar-refractivity contribution in [1.29, 1.82) is 0 Å². The van der Waals surface area contributed by atoms with Crippen LogP contribution in [0, 0.1) is 5.92 Å². The van der Waals surface area contributed by atoms with E-state index in [2.05, 4.69) is 10.1 Å². The van der Waals surface area contributed by atoms with Crippen LogP contribution in [0.2, 0.25) is 0 Å². The third kappa shape index (κ3) is 3.61. The molecule has 0 radical (unpaired) electrons. The lowest BCUT2D eigenvalue weighted by molar-refractivity contribution is 0.300. The lowest BCUT2D eigenvalue weighted by Gasteiger charge is -2.30. The van der Waals surface area contributed by atoms with Gasteiger partial charge in [0, 0.05) is 31.7 Å². The molecule has 1 unspecified atom stereocenters. The molecule has 0 spiro atoms. The first-order chi connectivity index (χ1) is 10.7. The van der Waals surface area contributed by atoms with Crippen LogP contribution in [0.4, 0.5) is 0 Å².